The summed E-state index contributed by atoms with van der Waals surface area (Å²) in [5, 5.41) is 0. The van der Waals surface area contributed by atoms with E-state index in [4.69, 9.17) is 0 Å². The van der Waals surface area contributed by atoms with E-state index in [0.717, 1.165) is 6.42 Å². The van der Waals surface area contributed by atoms with Crippen LogP contribution < -0.4 is 0 Å². The minimum atomic E-state index is -4.29. The van der Waals surface area contributed by atoms with Gasteiger partial charge in [-0.25, -0.2) is 0 Å². The fourth-order valence-electron chi connectivity index (χ4n) is 0.741. The summed E-state index contributed by atoms with van der Waals surface area (Å²) in [4.78, 5) is 0. The largest absolute Gasteiger partial charge is 0.389 e. The first kappa shape index (κ1) is 12.7. The molecule has 6 heteroatoms. The first-order chi connectivity index (χ1) is 5.89. The molecule has 0 unspecified atom stereocenters. The molecular formula is C7H12F3O3. The van der Waals surface area contributed by atoms with Crippen molar-refractivity contribution in [2.75, 3.05) is 21.3 Å². The van der Waals surface area contributed by atoms with Gasteiger partial charge < -0.3 is 14.2 Å². The van der Waals surface area contributed by atoms with Gasteiger partial charge in [-0.05, 0) is 0 Å². The van der Waals surface area contributed by atoms with Gasteiger partial charge in [0, 0.05) is 21.3 Å². The van der Waals surface area contributed by atoms with Crippen LogP contribution >= 0.6 is 0 Å². The van der Waals surface area contributed by atoms with Crippen molar-refractivity contribution in [1.29, 1.82) is 0 Å². The Morgan fingerprint density at radius 1 is 1.00 bits per heavy atom. The molecule has 0 heterocycles. The summed E-state index contributed by atoms with van der Waals surface area (Å²) in [6, 6.07) is 0. The van der Waals surface area contributed by atoms with Crippen LogP contribution in [0, 0.1) is 6.42 Å². The number of halogens is 3. The molecule has 0 spiro atoms. The summed E-state index contributed by atoms with van der Waals surface area (Å²) >= 11 is 0. The summed E-state index contributed by atoms with van der Waals surface area (Å²) in [5.74, 6) is -1.71. The molecule has 13 heavy (non-hydrogen) atoms. The highest BCUT2D eigenvalue weighted by Crippen LogP contribution is 2.27. The monoisotopic (exact) mass is 201 g/mol. The van der Waals surface area contributed by atoms with Gasteiger partial charge in [-0.3, -0.25) is 0 Å². The lowest BCUT2D eigenvalue weighted by molar-refractivity contribution is -0.334. The molecule has 3 nitrogen and oxygen atoms in total. The van der Waals surface area contributed by atoms with E-state index in [2.05, 4.69) is 14.2 Å². The van der Waals surface area contributed by atoms with Crippen molar-refractivity contribution in [2.45, 2.75) is 18.6 Å². The minimum Gasteiger partial charge on any atom is -0.331 e. The SMILES string of the molecule is COC([CH]CC(F)(F)F)(OC)OC. The van der Waals surface area contributed by atoms with Gasteiger partial charge in [0.1, 0.15) is 0 Å². The van der Waals surface area contributed by atoms with Crippen molar-refractivity contribution >= 4 is 0 Å². The number of hydrogen-bond acceptors (Lipinski definition) is 3. The van der Waals surface area contributed by atoms with Gasteiger partial charge in [0.15, 0.2) is 0 Å². The van der Waals surface area contributed by atoms with Crippen LogP contribution in [-0.4, -0.2) is 33.5 Å². The second-order valence-corrected chi connectivity index (χ2v) is 2.24. The van der Waals surface area contributed by atoms with Crippen molar-refractivity contribution in [3.63, 3.8) is 0 Å². The third-order valence-corrected chi connectivity index (χ3v) is 1.44. The van der Waals surface area contributed by atoms with E-state index in [1.54, 1.807) is 0 Å². The van der Waals surface area contributed by atoms with E-state index in [0.29, 0.717) is 0 Å². The highest BCUT2D eigenvalue weighted by molar-refractivity contribution is 4.80. The van der Waals surface area contributed by atoms with Crippen molar-refractivity contribution in [1.82, 2.24) is 0 Å². The van der Waals surface area contributed by atoms with Crippen molar-refractivity contribution in [2.24, 2.45) is 0 Å². The van der Waals surface area contributed by atoms with Crippen LogP contribution in [0.15, 0.2) is 0 Å². The maximum Gasteiger partial charge on any atom is 0.389 e. The van der Waals surface area contributed by atoms with Crippen LogP contribution in [0.3, 0.4) is 0 Å². The molecule has 0 amide bonds. The van der Waals surface area contributed by atoms with Gasteiger partial charge in [-0.1, -0.05) is 0 Å². The highest BCUT2D eigenvalue weighted by Gasteiger charge is 2.37. The standard InChI is InChI=1S/C7H12F3O3/c1-11-7(12-2,13-3)5-4-6(8,9)10/h5H,4H2,1-3H3. The van der Waals surface area contributed by atoms with Gasteiger partial charge in [-0.15, -0.1) is 0 Å². The molecule has 0 saturated heterocycles. The Morgan fingerprint density at radius 3 is 1.62 bits per heavy atom. The second kappa shape index (κ2) is 4.78. The topological polar surface area (TPSA) is 27.7 Å². The molecule has 1 radical (unpaired) electrons. The molecule has 0 saturated carbocycles. The van der Waals surface area contributed by atoms with E-state index in [-0.39, 0.29) is 0 Å². The smallest absolute Gasteiger partial charge is 0.331 e. The Morgan fingerprint density at radius 2 is 1.38 bits per heavy atom. The fourth-order valence-corrected chi connectivity index (χ4v) is 0.741. The van der Waals surface area contributed by atoms with E-state index in [9.17, 15) is 13.2 Å². The van der Waals surface area contributed by atoms with E-state index < -0.39 is 18.6 Å². The molecule has 0 aromatic carbocycles. The minimum absolute atomic E-state index is 0.771. The molecule has 0 aliphatic rings. The van der Waals surface area contributed by atoms with Crippen molar-refractivity contribution in [3.05, 3.63) is 6.42 Å². The van der Waals surface area contributed by atoms with Gasteiger partial charge in [-0.2, -0.15) is 13.2 Å². The number of alkyl halides is 3. The zero-order valence-electron chi connectivity index (χ0n) is 7.64. The van der Waals surface area contributed by atoms with Gasteiger partial charge in [0.25, 0.3) is 5.97 Å². The average Bonchev–Trinajstić information content (AvgIpc) is 2.06. The molecule has 0 rings (SSSR count). The molecule has 0 aromatic heterocycles. The van der Waals surface area contributed by atoms with Crippen LogP contribution in [0.5, 0.6) is 0 Å². The molecule has 0 N–H and O–H groups in total. The van der Waals surface area contributed by atoms with Crippen molar-refractivity contribution < 1.29 is 27.4 Å². The van der Waals surface area contributed by atoms with E-state index in [1.807, 2.05) is 0 Å². The summed E-state index contributed by atoms with van der Waals surface area (Å²) in [7, 11) is 3.58. The first-order valence-electron chi connectivity index (χ1n) is 3.45. The maximum absolute atomic E-state index is 11.8. The Labute approximate surface area is 74.8 Å². The number of ether oxygens (including phenoxy) is 3. The predicted molar refractivity (Wildman–Crippen MR) is 38.7 cm³/mol. The Balaban J connectivity index is 4.11. The lowest BCUT2D eigenvalue weighted by Gasteiger charge is -2.28. The van der Waals surface area contributed by atoms with E-state index >= 15 is 0 Å². The van der Waals surface area contributed by atoms with Crippen LogP contribution in [0.2, 0.25) is 0 Å². The lowest BCUT2D eigenvalue weighted by Crippen LogP contribution is -2.37. The maximum atomic E-state index is 11.8. The fraction of sp³-hybridized carbons (Fsp3) is 0.857. The summed E-state index contributed by atoms with van der Waals surface area (Å²) in [5.41, 5.74) is 0. The number of hydrogen-bond donors (Lipinski definition) is 0. The van der Waals surface area contributed by atoms with Gasteiger partial charge >= 0.3 is 6.18 Å². The van der Waals surface area contributed by atoms with Crippen LogP contribution in [0.4, 0.5) is 13.2 Å². The first-order valence-corrected chi connectivity index (χ1v) is 3.45. The zero-order chi connectivity index (χ0) is 10.5. The molecule has 0 bridgehead atoms. The highest BCUT2D eigenvalue weighted by atomic mass is 19.4. The summed E-state index contributed by atoms with van der Waals surface area (Å²) in [6.45, 7) is 0. The number of rotatable bonds is 5. The van der Waals surface area contributed by atoms with E-state index in [1.165, 1.54) is 21.3 Å². The molecule has 0 aliphatic carbocycles. The predicted octanol–water partition coefficient (Wildman–Crippen LogP) is 1.74. The quantitative estimate of drug-likeness (QED) is 0.634. The third-order valence-electron chi connectivity index (χ3n) is 1.44. The summed E-state index contributed by atoms with van der Waals surface area (Å²) < 4.78 is 49.3. The normalized spacial score (nSPS) is 13.4. The molecule has 0 fully saturated rings. The Hall–Kier alpha value is -0.330. The van der Waals surface area contributed by atoms with Crippen LogP contribution in [0.25, 0.3) is 0 Å². The Kier molecular flexibility index (Phi) is 4.66. The molecule has 0 aromatic rings. The third kappa shape index (κ3) is 4.44. The average molecular weight is 201 g/mol. The molecular weight excluding hydrogens is 189 g/mol. The summed E-state index contributed by atoms with van der Waals surface area (Å²) in [6.07, 6.45) is -4.66. The van der Waals surface area contributed by atoms with Crippen LogP contribution in [0.1, 0.15) is 6.42 Å². The van der Waals surface area contributed by atoms with Gasteiger partial charge in [0.05, 0.1) is 12.8 Å². The van der Waals surface area contributed by atoms with Crippen LogP contribution in [-0.2, 0) is 14.2 Å². The second-order valence-electron chi connectivity index (χ2n) is 2.24. The lowest BCUT2D eigenvalue weighted by atomic mass is 10.2. The van der Waals surface area contributed by atoms with Gasteiger partial charge in [0.2, 0.25) is 0 Å². The Bertz CT molecular complexity index is 134. The number of methoxy groups -OCH3 is 3. The zero-order valence-corrected chi connectivity index (χ0v) is 7.64. The molecule has 0 atom stereocenters. The van der Waals surface area contributed by atoms with Crippen molar-refractivity contribution in [3.8, 4) is 0 Å². The molecule has 79 valence electrons. The molecule has 0 aliphatic heterocycles.